The zero-order chi connectivity index (χ0) is 15.4. The molecule has 1 aromatic rings. The molecular weight excluding hydrogens is 268 g/mol. The summed E-state index contributed by atoms with van der Waals surface area (Å²) >= 11 is 0. The Kier molecular flexibility index (Phi) is 4.98. The van der Waals surface area contributed by atoms with Crippen molar-refractivity contribution in [2.75, 3.05) is 13.1 Å². The first-order valence-corrected chi connectivity index (χ1v) is 7.52. The highest BCUT2D eigenvalue weighted by Crippen LogP contribution is 2.11. The number of amides is 2. The van der Waals surface area contributed by atoms with Gasteiger partial charge < -0.3 is 14.8 Å². The molecule has 0 aliphatic carbocycles. The number of imidazole rings is 1. The van der Waals surface area contributed by atoms with Gasteiger partial charge >= 0.3 is 0 Å². The Morgan fingerprint density at radius 2 is 2.10 bits per heavy atom. The number of nitrogens with one attached hydrogen (secondary N) is 1. The van der Waals surface area contributed by atoms with E-state index in [2.05, 4.69) is 10.3 Å². The Morgan fingerprint density at radius 1 is 1.33 bits per heavy atom. The van der Waals surface area contributed by atoms with Crippen molar-refractivity contribution < 1.29 is 9.59 Å². The van der Waals surface area contributed by atoms with Gasteiger partial charge in [0.15, 0.2) is 0 Å². The molecule has 2 heterocycles. The van der Waals surface area contributed by atoms with Gasteiger partial charge in [-0.15, -0.1) is 0 Å². The predicted octanol–water partition coefficient (Wildman–Crippen LogP) is 1.06. The smallest absolute Gasteiger partial charge is 0.222 e. The van der Waals surface area contributed by atoms with Crippen LogP contribution in [0.2, 0.25) is 0 Å². The van der Waals surface area contributed by atoms with Gasteiger partial charge in [-0.2, -0.15) is 0 Å². The van der Waals surface area contributed by atoms with Crippen LogP contribution in [-0.4, -0.2) is 39.4 Å². The predicted molar refractivity (Wildman–Crippen MR) is 79.6 cm³/mol. The SMILES string of the molecule is Cc1nc(CNC(=O)CCN2CCCCC2=O)n(C)c1C. The van der Waals surface area contributed by atoms with E-state index in [4.69, 9.17) is 0 Å². The third kappa shape index (κ3) is 3.83. The number of hydrogen-bond donors (Lipinski definition) is 1. The molecule has 0 radical (unpaired) electrons. The van der Waals surface area contributed by atoms with Gasteiger partial charge in [-0.05, 0) is 26.7 Å². The van der Waals surface area contributed by atoms with Gasteiger partial charge in [-0.3, -0.25) is 9.59 Å². The molecule has 0 unspecified atom stereocenters. The summed E-state index contributed by atoms with van der Waals surface area (Å²) in [4.78, 5) is 29.8. The molecule has 6 nitrogen and oxygen atoms in total. The summed E-state index contributed by atoms with van der Waals surface area (Å²) < 4.78 is 1.99. The topological polar surface area (TPSA) is 67.2 Å². The maximum Gasteiger partial charge on any atom is 0.222 e. The van der Waals surface area contributed by atoms with Gasteiger partial charge in [-0.25, -0.2) is 4.98 Å². The molecule has 0 atom stereocenters. The number of carbonyl (C=O) groups is 2. The Bertz CT molecular complexity index is 536. The minimum absolute atomic E-state index is 0.0355. The van der Waals surface area contributed by atoms with E-state index in [0.29, 0.717) is 25.9 Å². The Hall–Kier alpha value is -1.85. The van der Waals surface area contributed by atoms with E-state index in [-0.39, 0.29) is 11.8 Å². The molecule has 21 heavy (non-hydrogen) atoms. The number of likely N-dealkylation sites (tertiary alicyclic amines) is 1. The standard InChI is InChI=1S/C15H24N4O2/c1-11-12(2)18(3)13(17-11)10-16-14(20)7-9-19-8-5-4-6-15(19)21/h4-10H2,1-3H3,(H,16,20). The third-order valence-corrected chi connectivity index (χ3v) is 4.18. The second-order valence-corrected chi connectivity index (χ2v) is 5.62. The molecule has 1 saturated heterocycles. The maximum absolute atomic E-state index is 11.9. The average Bonchev–Trinajstić information content (AvgIpc) is 2.71. The van der Waals surface area contributed by atoms with E-state index in [9.17, 15) is 9.59 Å². The maximum atomic E-state index is 11.9. The van der Waals surface area contributed by atoms with Crippen LogP contribution >= 0.6 is 0 Å². The van der Waals surface area contributed by atoms with E-state index in [1.807, 2.05) is 25.5 Å². The van der Waals surface area contributed by atoms with Crippen LogP contribution in [0.1, 0.15) is 42.9 Å². The molecule has 116 valence electrons. The summed E-state index contributed by atoms with van der Waals surface area (Å²) in [6.45, 7) is 5.70. The fraction of sp³-hybridized carbons (Fsp3) is 0.667. The van der Waals surface area contributed by atoms with Crippen molar-refractivity contribution in [3.05, 3.63) is 17.2 Å². The van der Waals surface area contributed by atoms with Gasteiger partial charge in [0.2, 0.25) is 11.8 Å². The summed E-state index contributed by atoms with van der Waals surface area (Å²) in [6.07, 6.45) is 2.99. The molecule has 1 aliphatic rings. The number of piperidine rings is 1. The largest absolute Gasteiger partial charge is 0.349 e. The summed E-state index contributed by atoms with van der Waals surface area (Å²) in [7, 11) is 1.95. The number of carbonyl (C=O) groups excluding carboxylic acids is 2. The highest BCUT2D eigenvalue weighted by Gasteiger charge is 2.18. The molecule has 2 amide bonds. The molecule has 1 aliphatic heterocycles. The van der Waals surface area contributed by atoms with E-state index in [0.717, 1.165) is 36.6 Å². The molecule has 6 heteroatoms. The van der Waals surface area contributed by atoms with E-state index < -0.39 is 0 Å². The monoisotopic (exact) mass is 292 g/mol. The number of rotatable bonds is 5. The second kappa shape index (κ2) is 6.74. The summed E-state index contributed by atoms with van der Waals surface area (Å²) in [5.41, 5.74) is 2.10. The van der Waals surface area contributed by atoms with Crippen molar-refractivity contribution in [2.45, 2.75) is 46.1 Å². The number of aryl methyl sites for hydroxylation is 1. The van der Waals surface area contributed by atoms with Gasteiger partial charge in [0, 0.05) is 38.7 Å². The first-order valence-electron chi connectivity index (χ1n) is 7.52. The normalized spacial score (nSPS) is 15.4. The minimum Gasteiger partial charge on any atom is -0.349 e. The van der Waals surface area contributed by atoms with Crippen LogP contribution in [0.4, 0.5) is 0 Å². The fourth-order valence-electron chi connectivity index (χ4n) is 2.54. The molecule has 0 spiro atoms. The van der Waals surface area contributed by atoms with Crippen molar-refractivity contribution in [1.29, 1.82) is 0 Å². The number of hydrogen-bond acceptors (Lipinski definition) is 3. The molecule has 1 fully saturated rings. The van der Waals surface area contributed by atoms with Gasteiger partial charge in [0.05, 0.1) is 12.2 Å². The zero-order valence-electron chi connectivity index (χ0n) is 13.1. The Morgan fingerprint density at radius 3 is 2.71 bits per heavy atom. The van der Waals surface area contributed by atoms with Crippen LogP contribution in [0.15, 0.2) is 0 Å². The van der Waals surface area contributed by atoms with Crippen LogP contribution in [0.5, 0.6) is 0 Å². The molecule has 1 N–H and O–H groups in total. The lowest BCUT2D eigenvalue weighted by atomic mass is 10.1. The van der Waals surface area contributed by atoms with Crippen LogP contribution in [0.25, 0.3) is 0 Å². The molecule has 0 aromatic carbocycles. The Labute approximate surface area is 125 Å². The van der Waals surface area contributed by atoms with Gasteiger partial charge in [0.1, 0.15) is 5.82 Å². The van der Waals surface area contributed by atoms with Crippen molar-refractivity contribution in [3.8, 4) is 0 Å². The van der Waals surface area contributed by atoms with Crippen LogP contribution in [0.3, 0.4) is 0 Å². The summed E-state index contributed by atoms with van der Waals surface area (Å²) in [5, 5.41) is 2.87. The van der Waals surface area contributed by atoms with Gasteiger partial charge in [0.25, 0.3) is 0 Å². The van der Waals surface area contributed by atoms with E-state index >= 15 is 0 Å². The molecular formula is C15H24N4O2. The first-order chi connectivity index (χ1) is 9.99. The van der Waals surface area contributed by atoms with Crippen molar-refractivity contribution in [2.24, 2.45) is 7.05 Å². The van der Waals surface area contributed by atoms with Crippen molar-refractivity contribution in [1.82, 2.24) is 19.8 Å². The molecule has 2 rings (SSSR count). The second-order valence-electron chi connectivity index (χ2n) is 5.62. The lowest BCUT2D eigenvalue weighted by Gasteiger charge is -2.26. The molecule has 0 bridgehead atoms. The third-order valence-electron chi connectivity index (χ3n) is 4.18. The number of aromatic nitrogens is 2. The van der Waals surface area contributed by atoms with E-state index in [1.54, 1.807) is 4.90 Å². The quantitative estimate of drug-likeness (QED) is 0.882. The van der Waals surface area contributed by atoms with Crippen LogP contribution in [0, 0.1) is 13.8 Å². The summed E-state index contributed by atoms with van der Waals surface area (Å²) in [5.74, 6) is 0.989. The first kappa shape index (κ1) is 15.5. The lowest BCUT2D eigenvalue weighted by molar-refractivity contribution is -0.133. The molecule has 1 aromatic heterocycles. The highest BCUT2D eigenvalue weighted by atomic mass is 16.2. The highest BCUT2D eigenvalue weighted by molar-refractivity contribution is 5.79. The summed E-state index contributed by atoms with van der Waals surface area (Å²) in [6, 6.07) is 0. The van der Waals surface area contributed by atoms with Crippen molar-refractivity contribution >= 4 is 11.8 Å². The van der Waals surface area contributed by atoms with E-state index in [1.165, 1.54) is 0 Å². The zero-order valence-corrected chi connectivity index (χ0v) is 13.1. The minimum atomic E-state index is -0.0355. The van der Waals surface area contributed by atoms with Gasteiger partial charge in [-0.1, -0.05) is 0 Å². The Balaban J connectivity index is 1.77. The lowest BCUT2D eigenvalue weighted by Crippen LogP contribution is -2.38. The fourth-order valence-corrected chi connectivity index (χ4v) is 2.54. The molecule has 0 saturated carbocycles. The average molecular weight is 292 g/mol. The number of nitrogens with zero attached hydrogens (tertiary/aromatic N) is 3. The van der Waals surface area contributed by atoms with Crippen LogP contribution < -0.4 is 5.32 Å². The van der Waals surface area contributed by atoms with Crippen LogP contribution in [-0.2, 0) is 23.2 Å². The van der Waals surface area contributed by atoms with Crippen molar-refractivity contribution in [3.63, 3.8) is 0 Å².